The highest BCUT2D eigenvalue weighted by Gasteiger charge is 2.27. The van der Waals surface area contributed by atoms with E-state index in [1.54, 1.807) is 7.11 Å². The molecule has 1 aromatic heterocycles. The van der Waals surface area contributed by atoms with Crippen LogP contribution in [0.25, 0.3) is 0 Å². The van der Waals surface area contributed by atoms with Crippen LogP contribution in [0.15, 0.2) is 69.3 Å². The summed E-state index contributed by atoms with van der Waals surface area (Å²) in [6.07, 6.45) is 0.395. The van der Waals surface area contributed by atoms with Crippen molar-refractivity contribution in [1.29, 1.82) is 0 Å². The van der Waals surface area contributed by atoms with Crippen molar-refractivity contribution in [2.24, 2.45) is 5.10 Å². The molecule has 0 spiro atoms. The molecule has 0 saturated carbocycles. The van der Waals surface area contributed by atoms with E-state index in [2.05, 4.69) is 15.5 Å². The fraction of sp³-hybridized carbons (Fsp3) is 0.190. The molecule has 1 unspecified atom stereocenters. The molecule has 0 radical (unpaired) electrons. The molecule has 148 valence electrons. The molecule has 0 aliphatic carbocycles. The molecule has 8 heteroatoms. The van der Waals surface area contributed by atoms with Gasteiger partial charge in [-0.25, -0.2) is 4.79 Å². The van der Waals surface area contributed by atoms with E-state index in [1.165, 1.54) is 0 Å². The molecule has 4 rings (SSSR count). The Bertz CT molecular complexity index is 1160. The molecule has 3 aromatic rings. The molecule has 8 nitrogen and oxygen atoms in total. The maximum Gasteiger partial charge on any atom is 0.331 e. The fourth-order valence-corrected chi connectivity index (χ4v) is 3.36. The molecule has 1 aliphatic rings. The summed E-state index contributed by atoms with van der Waals surface area (Å²) < 4.78 is 6.30. The summed E-state index contributed by atoms with van der Waals surface area (Å²) in [5, 5.41) is 15.0. The SMILES string of the molecule is COc1ccc(C2CC(c3c(O)n(Cc4ccccc4)c(=O)[nH]c3=O)=NN2)cc1. The fourth-order valence-electron chi connectivity index (χ4n) is 3.36. The van der Waals surface area contributed by atoms with E-state index in [1.807, 2.05) is 54.6 Å². The van der Waals surface area contributed by atoms with Gasteiger partial charge in [-0.05, 0) is 23.3 Å². The Labute approximate surface area is 166 Å². The molecule has 1 atom stereocenters. The smallest absolute Gasteiger partial charge is 0.331 e. The number of nitrogens with one attached hydrogen (secondary N) is 2. The normalized spacial score (nSPS) is 15.6. The van der Waals surface area contributed by atoms with E-state index >= 15 is 0 Å². The molecule has 0 saturated heterocycles. The first-order valence-corrected chi connectivity index (χ1v) is 9.13. The van der Waals surface area contributed by atoms with Crippen LogP contribution in [0.1, 0.15) is 29.2 Å². The maximum atomic E-state index is 12.4. The predicted molar refractivity (Wildman–Crippen MR) is 109 cm³/mol. The van der Waals surface area contributed by atoms with E-state index < -0.39 is 17.1 Å². The first-order valence-electron chi connectivity index (χ1n) is 9.13. The lowest BCUT2D eigenvalue weighted by atomic mass is 10.00. The third-order valence-electron chi connectivity index (χ3n) is 4.92. The molecule has 0 bridgehead atoms. The topological polar surface area (TPSA) is 109 Å². The second-order valence-electron chi connectivity index (χ2n) is 6.75. The maximum absolute atomic E-state index is 12.4. The molecule has 29 heavy (non-hydrogen) atoms. The minimum Gasteiger partial charge on any atom is -0.497 e. The Kier molecular flexibility index (Phi) is 4.90. The summed E-state index contributed by atoms with van der Waals surface area (Å²) in [4.78, 5) is 27.0. The second kappa shape index (κ2) is 7.67. The van der Waals surface area contributed by atoms with Crippen LogP contribution in [-0.4, -0.2) is 27.5 Å². The lowest BCUT2D eigenvalue weighted by Crippen LogP contribution is -2.34. The average Bonchev–Trinajstić information content (AvgIpc) is 3.21. The van der Waals surface area contributed by atoms with E-state index in [0.29, 0.717) is 12.1 Å². The van der Waals surface area contributed by atoms with Crippen molar-refractivity contribution in [2.45, 2.75) is 19.0 Å². The van der Waals surface area contributed by atoms with Gasteiger partial charge in [-0.15, -0.1) is 0 Å². The monoisotopic (exact) mass is 392 g/mol. The quantitative estimate of drug-likeness (QED) is 0.613. The van der Waals surface area contributed by atoms with Crippen LogP contribution >= 0.6 is 0 Å². The summed E-state index contributed by atoms with van der Waals surface area (Å²) in [5.41, 5.74) is 3.86. The highest BCUT2D eigenvalue weighted by molar-refractivity contribution is 6.03. The van der Waals surface area contributed by atoms with Crippen LogP contribution in [-0.2, 0) is 6.54 Å². The van der Waals surface area contributed by atoms with Crippen molar-refractivity contribution in [2.75, 3.05) is 7.11 Å². The van der Waals surface area contributed by atoms with Gasteiger partial charge in [0.1, 0.15) is 11.3 Å². The number of benzene rings is 2. The van der Waals surface area contributed by atoms with Crippen molar-refractivity contribution in [1.82, 2.24) is 15.0 Å². The highest BCUT2D eigenvalue weighted by atomic mass is 16.5. The summed E-state index contributed by atoms with van der Waals surface area (Å²) in [5.74, 6) is 0.355. The van der Waals surface area contributed by atoms with Crippen molar-refractivity contribution in [3.63, 3.8) is 0 Å². The zero-order valence-electron chi connectivity index (χ0n) is 15.8. The Morgan fingerprint density at radius 3 is 2.55 bits per heavy atom. The van der Waals surface area contributed by atoms with E-state index in [9.17, 15) is 14.7 Å². The van der Waals surface area contributed by atoms with Crippen LogP contribution < -0.4 is 21.4 Å². The molecule has 0 fully saturated rings. The number of methoxy groups -OCH3 is 1. The molecular formula is C21H20N4O4. The van der Waals surface area contributed by atoms with Gasteiger partial charge >= 0.3 is 5.69 Å². The molecule has 1 aliphatic heterocycles. The van der Waals surface area contributed by atoms with Gasteiger partial charge in [0, 0.05) is 6.42 Å². The first-order chi connectivity index (χ1) is 14.1. The van der Waals surface area contributed by atoms with Gasteiger partial charge in [-0.1, -0.05) is 42.5 Å². The first kappa shape index (κ1) is 18.5. The molecule has 2 heterocycles. The minimum atomic E-state index is -0.668. The molecule has 2 aromatic carbocycles. The third kappa shape index (κ3) is 3.64. The Morgan fingerprint density at radius 1 is 1.14 bits per heavy atom. The third-order valence-corrected chi connectivity index (χ3v) is 4.92. The lowest BCUT2D eigenvalue weighted by Gasteiger charge is -2.12. The molecule has 3 N–H and O–H groups in total. The standard InChI is InChI=1S/C21H20N4O4/c1-29-15-9-7-14(8-10-15)16-11-17(24-23-16)18-19(26)22-21(28)25(20(18)27)12-13-5-3-2-4-6-13/h2-10,16,23,27H,11-12H2,1H3,(H,22,26,28). The average molecular weight is 392 g/mol. The van der Waals surface area contributed by atoms with Crippen LogP contribution in [0.5, 0.6) is 11.6 Å². The van der Waals surface area contributed by atoms with Gasteiger partial charge in [0.15, 0.2) is 0 Å². The number of rotatable bonds is 5. The van der Waals surface area contributed by atoms with Crippen molar-refractivity contribution >= 4 is 5.71 Å². The predicted octanol–water partition coefficient (Wildman–Crippen LogP) is 1.74. The Balaban J connectivity index is 1.64. The number of hydrogen-bond donors (Lipinski definition) is 3. The number of aromatic hydroxyl groups is 1. The minimum absolute atomic E-state index is 0.00374. The van der Waals surface area contributed by atoms with Gasteiger partial charge in [-0.3, -0.25) is 14.3 Å². The number of aromatic amines is 1. The summed E-state index contributed by atoms with van der Waals surface area (Å²) in [6.45, 7) is 0.137. The van der Waals surface area contributed by atoms with Crippen LogP contribution in [0.3, 0.4) is 0 Å². The summed E-state index contributed by atoms with van der Waals surface area (Å²) in [6, 6.07) is 16.6. The second-order valence-corrected chi connectivity index (χ2v) is 6.75. The van der Waals surface area contributed by atoms with Crippen molar-refractivity contribution in [3.8, 4) is 11.6 Å². The van der Waals surface area contributed by atoms with Gasteiger partial charge < -0.3 is 15.3 Å². The van der Waals surface area contributed by atoms with Crippen LogP contribution in [0, 0.1) is 0 Å². The zero-order chi connectivity index (χ0) is 20.4. The Morgan fingerprint density at radius 2 is 1.86 bits per heavy atom. The number of hydrazone groups is 1. The summed E-state index contributed by atoms with van der Waals surface area (Å²) in [7, 11) is 1.60. The molecule has 0 amide bonds. The van der Waals surface area contributed by atoms with Crippen molar-refractivity contribution in [3.05, 3.63) is 92.1 Å². The van der Waals surface area contributed by atoms with Gasteiger partial charge in [-0.2, -0.15) is 5.10 Å². The van der Waals surface area contributed by atoms with Crippen molar-refractivity contribution < 1.29 is 9.84 Å². The van der Waals surface area contributed by atoms with E-state index in [0.717, 1.165) is 21.4 Å². The largest absolute Gasteiger partial charge is 0.497 e. The number of nitrogens with zero attached hydrogens (tertiary/aromatic N) is 2. The molecular weight excluding hydrogens is 372 g/mol. The Hall–Kier alpha value is -3.81. The number of ether oxygens (including phenoxy) is 1. The number of H-pyrrole nitrogens is 1. The van der Waals surface area contributed by atoms with E-state index in [-0.39, 0.29) is 18.2 Å². The van der Waals surface area contributed by atoms with E-state index in [4.69, 9.17) is 4.74 Å². The van der Waals surface area contributed by atoms with Gasteiger partial charge in [0.25, 0.3) is 5.56 Å². The van der Waals surface area contributed by atoms with Gasteiger partial charge in [0.2, 0.25) is 5.88 Å². The lowest BCUT2D eigenvalue weighted by molar-refractivity contribution is 0.408. The number of hydrogen-bond acceptors (Lipinski definition) is 6. The van der Waals surface area contributed by atoms with Crippen LogP contribution in [0.4, 0.5) is 0 Å². The van der Waals surface area contributed by atoms with Crippen LogP contribution in [0.2, 0.25) is 0 Å². The summed E-state index contributed by atoms with van der Waals surface area (Å²) >= 11 is 0. The highest BCUT2D eigenvalue weighted by Crippen LogP contribution is 2.27. The zero-order valence-corrected chi connectivity index (χ0v) is 15.8. The number of aromatic nitrogens is 2. The van der Waals surface area contributed by atoms with Gasteiger partial charge in [0.05, 0.1) is 25.4 Å².